The van der Waals surface area contributed by atoms with Crippen molar-refractivity contribution in [3.05, 3.63) is 88.3 Å². The van der Waals surface area contributed by atoms with Crippen LogP contribution in [0.2, 0.25) is 0 Å². The molecule has 0 aliphatic heterocycles. The van der Waals surface area contributed by atoms with Crippen LogP contribution in [-0.4, -0.2) is 11.6 Å². The Morgan fingerprint density at radius 1 is 1.00 bits per heavy atom. The molecule has 3 aromatic rings. The summed E-state index contributed by atoms with van der Waals surface area (Å²) >= 11 is 0. The SMILES string of the molecule is CNc1cccc(Cn2ccc(Oc3ccccc3)cc2=O)c1C. The van der Waals surface area contributed by atoms with Crippen molar-refractivity contribution in [1.29, 1.82) is 0 Å². The molecule has 0 saturated carbocycles. The number of anilines is 1. The first-order valence-electron chi connectivity index (χ1n) is 7.87. The van der Waals surface area contributed by atoms with Gasteiger partial charge in [-0.2, -0.15) is 0 Å². The summed E-state index contributed by atoms with van der Waals surface area (Å²) in [6, 6.07) is 18.8. The quantitative estimate of drug-likeness (QED) is 0.771. The number of ether oxygens (including phenoxy) is 1. The molecular weight excluding hydrogens is 300 g/mol. The number of nitrogens with zero attached hydrogens (tertiary/aromatic N) is 1. The summed E-state index contributed by atoms with van der Waals surface area (Å²) in [6.45, 7) is 2.59. The zero-order valence-electron chi connectivity index (χ0n) is 13.8. The summed E-state index contributed by atoms with van der Waals surface area (Å²) in [5, 5.41) is 3.17. The maximum absolute atomic E-state index is 12.4. The molecule has 0 spiro atoms. The summed E-state index contributed by atoms with van der Waals surface area (Å²) in [7, 11) is 1.90. The fourth-order valence-corrected chi connectivity index (χ4v) is 2.62. The van der Waals surface area contributed by atoms with Gasteiger partial charge in [-0.3, -0.25) is 4.79 Å². The third-order valence-corrected chi connectivity index (χ3v) is 4.00. The Hall–Kier alpha value is -3.01. The van der Waals surface area contributed by atoms with Crippen molar-refractivity contribution in [1.82, 2.24) is 4.57 Å². The highest BCUT2D eigenvalue weighted by Gasteiger charge is 2.06. The van der Waals surface area contributed by atoms with Gasteiger partial charge in [0.15, 0.2) is 0 Å². The third kappa shape index (κ3) is 3.49. The Morgan fingerprint density at radius 3 is 2.50 bits per heavy atom. The number of hydrogen-bond acceptors (Lipinski definition) is 3. The van der Waals surface area contributed by atoms with E-state index in [2.05, 4.69) is 12.2 Å². The number of pyridine rings is 1. The van der Waals surface area contributed by atoms with E-state index in [1.54, 1.807) is 10.8 Å². The lowest BCUT2D eigenvalue weighted by Gasteiger charge is -2.13. The molecule has 0 radical (unpaired) electrons. The average Bonchev–Trinajstić information content (AvgIpc) is 2.60. The van der Waals surface area contributed by atoms with Crippen LogP contribution in [0.25, 0.3) is 0 Å². The summed E-state index contributed by atoms with van der Waals surface area (Å²) in [6.07, 6.45) is 1.77. The monoisotopic (exact) mass is 320 g/mol. The van der Waals surface area contributed by atoms with Crippen molar-refractivity contribution in [2.24, 2.45) is 0 Å². The predicted molar refractivity (Wildman–Crippen MR) is 97.0 cm³/mol. The summed E-state index contributed by atoms with van der Waals surface area (Å²) in [5.41, 5.74) is 3.25. The minimum absolute atomic E-state index is 0.0855. The molecule has 0 unspecified atom stereocenters. The van der Waals surface area contributed by atoms with E-state index >= 15 is 0 Å². The third-order valence-electron chi connectivity index (χ3n) is 4.00. The summed E-state index contributed by atoms with van der Waals surface area (Å²) in [4.78, 5) is 12.4. The first-order chi connectivity index (χ1) is 11.7. The first-order valence-corrected chi connectivity index (χ1v) is 7.87. The van der Waals surface area contributed by atoms with Crippen LogP contribution in [-0.2, 0) is 6.54 Å². The van der Waals surface area contributed by atoms with Crippen LogP contribution >= 0.6 is 0 Å². The van der Waals surface area contributed by atoms with Crippen molar-refractivity contribution < 1.29 is 4.74 Å². The van der Waals surface area contributed by atoms with Gasteiger partial charge >= 0.3 is 0 Å². The van der Waals surface area contributed by atoms with Crippen LogP contribution in [0.4, 0.5) is 5.69 Å². The van der Waals surface area contributed by atoms with Gasteiger partial charge in [-0.15, -0.1) is 0 Å². The zero-order chi connectivity index (χ0) is 16.9. The van der Waals surface area contributed by atoms with E-state index in [4.69, 9.17) is 4.74 Å². The lowest BCUT2D eigenvalue weighted by atomic mass is 10.1. The van der Waals surface area contributed by atoms with Crippen LogP contribution in [0.5, 0.6) is 11.5 Å². The minimum Gasteiger partial charge on any atom is -0.457 e. The Kier molecular flexibility index (Phi) is 4.66. The molecule has 0 fully saturated rings. The van der Waals surface area contributed by atoms with Crippen molar-refractivity contribution in [2.45, 2.75) is 13.5 Å². The molecule has 0 atom stereocenters. The summed E-state index contributed by atoms with van der Waals surface area (Å²) in [5.74, 6) is 1.26. The second kappa shape index (κ2) is 7.04. The highest BCUT2D eigenvalue weighted by molar-refractivity contribution is 5.53. The van der Waals surface area contributed by atoms with E-state index in [-0.39, 0.29) is 5.56 Å². The van der Waals surface area contributed by atoms with E-state index in [0.717, 1.165) is 16.8 Å². The topological polar surface area (TPSA) is 43.3 Å². The molecule has 1 N–H and O–H groups in total. The van der Waals surface area contributed by atoms with Gasteiger partial charge in [0.2, 0.25) is 0 Å². The summed E-state index contributed by atoms with van der Waals surface area (Å²) < 4.78 is 7.38. The first kappa shape index (κ1) is 15.9. The molecule has 0 amide bonds. The Balaban J connectivity index is 1.82. The van der Waals surface area contributed by atoms with Crippen molar-refractivity contribution >= 4 is 5.69 Å². The molecule has 3 rings (SSSR count). The highest BCUT2D eigenvalue weighted by atomic mass is 16.5. The van der Waals surface area contributed by atoms with Gasteiger partial charge in [0.05, 0.1) is 6.54 Å². The van der Waals surface area contributed by atoms with Gasteiger partial charge < -0.3 is 14.6 Å². The predicted octanol–water partition coefficient (Wildman–Crippen LogP) is 4.04. The molecule has 1 aromatic heterocycles. The lowest BCUT2D eigenvalue weighted by molar-refractivity contribution is 0.479. The number of nitrogens with one attached hydrogen (secondary N) is 1. The van der Waals surface area contributed by atoms with Crippen LogP contribution in [0, 0.1) is 6.92 Å². The lowest BCUT2D eigenvalue weighted by Crippen LogP contribution is -2.19. The van der Waals surface area contributed by atoms with Gasteiger partial charge in [-0.1, -0.05) is 30.3 Å². The van der Waals surface area contributed by atoms with Gasteiger partial charge in [-0.25, -0.2) is 0 Å². The largest absolute Gasteiger partial charge is 0.457 e. The Morgan fingerprint density at radius 2 is 1.79 bits per heavy atom. The molecule has 0 aliphatic rings. The van der Waals surface area contributed by atoms with Crippen molar-refractivity contribution in [3.8, 4) is 11.5 Å². The minimum atomic E-state index is -0.0855. The molecule has 2 aromatic carbocycles. The van der Waals surface area contributed by atoms with E-state index in [1.165, 1.54) is 6.07 Å². The fourth-order valence-electron chi connectivity index (χ4n) is 2.62. The van der Waals surface area contributed by atoms with Gasteiger partial charge in [0.1, 0.15) is 11.5 Å². The van der Waals surface area contributed by atoms with E-state index in [0.29, 0.717) is 18.0 Å². The molecule has 0 bridgehead atoms. The van der Waals surface area contributed by atoms with Crippen molar-refractivity contribution in [2.75, 3.05) is 12.4 Å². The number of hydrogen-bond donors (Lipinski definition) is 1. The molecule has 122 valence electrons. The smallest absolute Gasteiger partial charge is 0.254 e. The second-order valence-corrected chi connectivity index (χ2v) is 5.58. The second-order valence-electron chi connectivity index (χ2n) is 5.58. The van der Waals surface area contributed by atoms with E-state index in [9.17, 15) is 4.79 Å². The molecule has 0 aliphatic carbocycles. The maximum atomic E-state index is 12.4. The van der Waals surface area contributed by atoms with Crippen LogP contribution in [0.3, 0.4) is 0 Å². The Labute approximate surface area is 141 Å². The van der Waals surface area contributed by atoms with Gasteiger partial charge in [-0.05, 0) is 42.3 Å². The Bertz CT molecular complexity index is 886. The average molecular weight is 320 g/mol. The number of para-hydroxylation sites is 1. The van der Waals surface area contributed by atoms with Crippen LogP contribution in [0.15, 0.2) is 71.7 Å². The van der Waals surface area contributed by atoms with Gasteiger partial charge in [0, 0.05) is 25.0 Å². The van der Waals surface area contributed by atoms with Gasteiger partial charge in [0.25, 0.3) is 5.56 Å². The molecule has 4 nitrogen and oxygen atoms in total. The standard InChI is InChI=1S/C20H20N2O2/c1-15-16(7-6-10-19(15)21-2)14-22-12-11-18(13-20(22)23)24-17-8-4-3-5-9-17/h3-13,21H,14H2,1-2H3. The fraction of sp³-hybridized carbons (Fsp3) is 0.150. The molecule has 4 heteroatoms. The van der Waals surface area contributed by atoms with Crippen molar-refractivity contribution in [3.63, 3.8) is 0 Å². The zero-order valence-corrected chi connectivity index (χ0v) is 13.8. The van der Waals surface area contributed by atoms with Crippen LogP contribution < -0.4 is 15.6 Å². The van der Waals surface area contributed by atoms with E-state index < -0.39 is 0 Å². The van der Waals surface area contributed by atoms with E-state index in [1.807, 2.05) is 61.6 Å². The number of benzene rings is 2. The maximum Gasteiger partial charge on any atom is 0.254 e. The number of aromatic nitrogens is 1. The number of rotatable bonds is 5. The molecule has 24 heavy (non-hydrogen) atoms. The highest BCUT2D eigenvalue weighted by Crippen LogP contribution is 2.21. The molecule has 0 saturated heterocycles. The normalized spacial score (nSPS) is 10.4. The molecule has 1 heterocycles. The molecular formula is C20H20N2O2. The van der Waals surface area contributed by atoms with Crippen LogP contribution in [0.1, 0.15) is 11.1 Å².